The van der Waals surface area contributed by atoms with Gasteiger partial charge in [0.05, 0.1) is 18.6 Å². The molecule has 1 aromatic rings. The zero-order valence-corrected chi connectivity index (χ0v) is 15.0. The van der Waals surface area contributed by atoms with Crippen LogP contribution in [0.1, 0.15) is 19.4 Å². The number of carbonyl (C=O) groups excluding carboxylic acids is 1. The van der Waals surface area contributed by atoms with Crippen molar-refractivity contribution in [3.8, 4) is 5.88 Å². The van der Waals surface area contributed by atoms with Crippen LogP contribution in [-0.2, 0) is 16.1 Å². The van der Waals surface area contributed by atoms with Crippen LogP contribution in [0, 0.1) is 34.8 Å². The molecule has 1 saturated carbocycles. The van der Waals surface area contributed by atoms with Crippen molar-refractivity contribution in [2.24, 2.45) is 17.3 Å². The molecule has 2 rings (SSSR count). The Hall–Kier alpha value is -1.97. The normalized spacial score (nSPS) is 21.8. The number of rotatable bonds is 5. The van der Waals surface area contributed by atoms with Gasteiger partial charge in [0.2, 0.25) is 0 Å². The maximum absolute atomic E-state index is 14.0. The average Bonchev–Trinajstić information content (AvgIpc) is 3.10. The Morgan fingerprint density at radius 2 is 1.85 bits per heavy atom. The SMILES string of the molecule is COc1nc(F)c(F)c(COC(=O)[C@@H]2[C@H](C=C(Cl)C(F)(F)F)C2(C)C)c1F. The third-order valence-electron chi connectivity index (χ3n) is 4.41. The highest BCUT2D eigenvalue weighted by molar-refractivity contribution is 6.30. The Morgan fingerprint density at radius 1 is 1.26 bits per heavy atom. The van der Waals surface area contributed by atoms with E-state index in [-0.39, 0.29) is 0 Å². The van der Waals surface area contributed by atoms with Gasteiger partial charge in [-0.25, -0.2) is 8.78 Å². The van der Waals surface area contributed by atoms with Gasteiger partial charge in [-0.15, -0.1) is 0 Å². The predicted octanol–water partition coefficient (Wildman–Crippen LogP) is 4.51. The molecule has 0 saturated heterocycles. The monoisotopic (exact) mass is 417 g/mol. The first-order valence-electron chi connectivity index (χ1n) is 7.50. The van der Waals surface area contributed by atoms with Gasteiger partial charge in [-0.1, -0.05) is 31.5 Å². The first-order chi connectivity index (χ1) is 12.3. The lowest BCUT2D eigenvalue weighted by Gasteiger charge is -2.10. The molecule has 0 radical (unpaired) electrons. The van der Waals surface area contributed by atoms with E-state index < -0.39 is 70.1 Å². The van der Waals surface area contributed by atoms with Gasteiger partial charge in [-0.2, -0.15) is 22.5 Å². The van der Waals surface area contributed by atoms with Crippen molar-refractivity contribution in [1.29, 1.82) is 0 Å². The minimum atomic E-state index is -4.76. The van der Waals surface area contributed by atoms with Crippen molar-refractivity contribution in [3.05, 3.63) is 34.3 Å². The van der Waals surface area contributed by atoms with Gasteiger partial charge < -0.3 is 9.47 Å². The van der Waals surface area contributed by atoms with Crippen molar-refractivity contribution in [2.45, 2.75) is 26.6 Å². The third kappa shape index (κ3) is 4.15. The minimum Gasteiger partial charge on any atom is -0.479 e. The molecule has 1 aromatic heterocycles. The quantitative estimate of drug-likeness (QED) is 0.402. The summed E-state index contributed by atoms with van der Waals surface area (Å²) in [6, 6.07) is 0. The Bertz CT molecular complexity index is 793. The fourth-order valence-electron chi connectivity index (χ4n) is 2.72. The number of nitrogens with zero attached hydrogens (tertiary/aromatic N) is 1. The zero-order chi connectivity index (χ0) is 20.7. The molecule has 27 heavy (non-hydrogen) atoms. The number of alkyl halides is 3. The van der Waals surface area contributed by atoms with Crippen molar-refractivity contribution in [1.82, 2.24) is 4.98 Å². The van der Waals surface area contributed by atoms with Crippen LogP contribution < -0.4 is 4.74 Å². The molecule has 1 aliphatic rings. The molecule has 0 aromatic carbocycles. The molecule has 0 bridgehead atoms. The number of allylic oxidation sites excluding steroid dienone is 2. The number of hydrogen-bond donors (Lipinski definition) is 0. The Kier molecular flexibility index (Phi) is 5.70. The van der Waals surface area contributed by atoms with Gasteiger partial charge in [0.15, 0.2) is 11.6 Å². The van der Waals surface area contributed by atoms with E-state index in [9.17, 15) is 31.1 Å². The highest BCUT2D eigenvalue weighted by Crippen LogP contribution is 2.60. The van der Waals surface area contributed by atoms with Crippen LogP contribution in [0.4, 0.5) is 26.3 Å². The van der Waals surface area contributed by atoms with E-state index in [1.807, 2.05) is 0 Å². The molecule has 4 nitrogen and oxygen atoms in total. The number of halogens is 7. The summed E-state index contributed by atoms with van der Waals surface area (Å²) >= 11 is 5.18. The smallest absolute Gasteiger partial charge is 0.426 e. The molecule has 0 amide bonds. The van der Waals surface area contributed by atoms with Crippen LogP contribution in [0.25, 0.3) is 0 Å². The van der Waals surface area contributed by atoms with E-state index in [2.05, 4.69) is 9.72 Å². The molecule has 1 heterocycles. The van der Waals surface area contributed by atoms with Crippen LogP contribution in [0.2, 0.25) is 0 Å². The number of methoxy groups -OCH3 is 1. The molecule has 0 spiro atoms. The van der Waals surface area contributed by atoms with Gasteiger partial charge in [0, 0.05) is 0 Å². The second-order valence-corrected chi connectivity index (χ2v) is 6.87. The number of aromatic nitrogens is 1. The maximum atomic E-state index is 14.0. The molecule has 0 aliphatic heterocycles. The molecule has 150 valence electrons. The first kappa shape index (κ1) is 21.3. The van der Waals surface area contributed by atoms with Gasteiger partial charge in [0.1, 0.15) is 11.6 Å². The number of hydrogen-bond acceptors (Lipinski definition) is 4. The van der Waals surface area contributed by atoms with E-state index >= 15 is 0 Å². The van der Waals surface area contributed by atoms with Gasteiger partial charge >= 0.3 is 12.1 Å². The third-order valence-corrected chi connectivity index (χ3v) is 4.75. The second kappa shape index (κ2) is 7.21. The summed E-state index contributed by atoms with van der Waals surface area (Å²) in [5, 5.41) is -1.38. The lowest BCUT2D eigenvalue weighted by atomic mass is 10.1. The fourth-order valence-corrected chi connectivity index (χ4v) is 2.86. The van der Waals surface area contributed by atoms with Gasteiger partial charge in [0.25, 0.3) is 11.8 Å². The van der Waals surface area contributed by atoms with E-state index in [1.165, 1.54) is 13.8 Å². The average molecular weight is 418 g/mol. The topological polar surface area (TPSA) is 48.4 Å². The summed E-state index contributed by atoms with van der Waals surface area (Å²) < 4.78 is 87.8. The maximum Gasteiger partial charge on any atom is 0.426 e. The molecule has 2 atom stereocenters. The molecule has 1 fully saturated rings. The van der Waals surface area contributed by atoms with Gasteiger partial charge in [-0.05, 0) is 11.3 Å². The van der Waals surface area contributed by atoms with Crippen LogP contribution in [-0.4, -0.2) is 24.2 Å². The van der Waals surface area contributed by atoms with Crippen LogP contribution >= 0.6 is 11.6 Å². The van der Waals surface area contributed by atoms with Crippen molar-refractivity contribution >= 4 is 17.6 Å². The van der Waals surface area contributed by atoms with Crippen molar-refractivity contribution < 1.29 is 40.6 Å². The number of pyridine rings is 1. The van der Waals surface area contributed by atoms with Crippen LogP contribution in [0.5, 0.6) is 5.88 Å². The summed E-state index contributed by atoms with van der Waals surface area (Å²) in [7, 11) is 0.979. The van der Waals surface area contributed by atoms with Crippen molar-refractivity contribution in [3.63, 3.8) is 0 Å². The summed E-state index contributed by atoms with van der Waals surface area (Å²) in [5.74, 6) is -8.37. The lowest BCUT2D eigenvalue weighted by molar-refractivity contribution is -0.147. The molecular weight excluding hydrogens is 404 g/mol. The first-order valence-corrected chi connectivity index (χ1v) is 7.88. The second-order valence-electron chi connectivity index (χ2n) is 6.46. The van der Waals surface area contributed by atoms with E-state index in [4.69, 9.17) is 16.3 Å². The number of ether oxygens (including phenoxy) is 2. The van der Waals surface area contributed by atoms with E-state index in [1.54, 1.807) is 0 Å². The molecule has 0 N–H and O–H groups in total. The lowest BCUT2D eigenvalue weighted by Crippen LogP contribution is -2.14. The van der Waals surface area contributed by atoms with E-state index in [0.29, 0.717) is 6.08 Å². The predicted molar refractivity (Wildman–Crippen MR) is 81.2 cm³/mol. The van der Waals surface area contributed by atoms with Crippen molar-refractivity contribution in [2.75, 3.05) is 7.11 Å². The summed E-state index contributed by atoms with van der Waals surface area (Å²) in [6.07, 6.45) is -4.06. The zero-order valence-electron chi connectivity index (χ0n) is 14.3. The fraction of sp³-hybridized carbons (Fsp3) is 0.500. The molecule has 11 heteroatoms. The van der Waals surface area contributed by atoms with Crippen LogP contribution in [0.15, 0.2) is 11.1 Å². The van der Waals surface area contributed by atoms with E-state index in [0.717, 1.165) is 7.11 Å². The Balaban J connectivity index is 2.15. The Labute approximate surface area is 155 Å². The highest BCUT2D eigenvalue weighted by atomic mass is 35.5. The standard InChI is InChI=1S/C16H14ClF6NO3/c1-15(2)7(4-8(17)16(21,22)23)9(15)14(25)27-5-6-10(18)12(20)24-13(26-3)11(6)19/h4,7,9H,5H2,1-3H3/t7-,9-/m0/s1. The summed E-state index contributed by atoms with van der Waals surface area (Å²) in [6.45, 7) is 2.04. The van der Waals surface area contributed by atoms with Gasteiger partial charge in [-0.3, -0.25) is 4.79 Å². The Morgan fingerprint density at radius 3 is 2.37 bits per heavy atom. The highest BCUT2D eigenvalue weighted by Gasteiger charge is 2.62. The largest absolute Gasteiger partial charge is 0.479 e. The van der Waals surface area contributed by atoms with Crippen LogP contribution in [0.3, 0.4) is 0 Å². The minimum absolute atomic E-state index is 0.698. The molecule has 0 unspecified atom stereocenters. The summed E-state index contributed by atoms with van der Waals surface area (Å²) in [5.41, 5.74) is -1.83. The number of carbonyl (C=O) groups is 1. The molecular formula is C16H14ClF6NO3. The molecule has 1 aliphatic carbocycles. The number of esters is 1. The summed E-state index contributed by atoms with van der Waals surface area (Å²) in [4.78, 5) is 15.0.